The van der Waals surface area contributed by atoms with Gasteiger partial charge in [0, 0.05) is 11.4 Å². The SMILES string of the molecule is NCC1CCCCC1NC(=O)c1cc2cccc(Br)c2o1. The number of furan rings is 1. The van der Waals surface area contributed by atoms with E-state index in [1.807, 2.05) is 18.2 Å². The largest absolute Gasteiger partial charge is 0.450 e. The number of rotatable bonds is 3. The van der Waals surface area contributed by atoms with Crippen molar-refractivity contribution in [3.05, 3.63) is 34.5 Å². The molecule has 1 aromatic heterocycles. The molecule has 1 aliphatic rings. The Morgan fingerprint density at radius 3 is 2.95 bits per heavy atom. The predicted octanol–water partition coefficient (Wildman–Crippen LogP) is 3.44. The molecule has 1 heterocycles. The number of hydrogen-bond donors (Lipinski definition) is 2. The van der Waals surface area contributed by atoms with Crippen LogP contribution < -0.4 is 11.1 Å². The molecule has 2 atom stereocenters. The van der Waals surface area contributed by atoms with E-state index in [4.69, 9.17) is 10.2 Å². The molecule has 112 valence electrons. The molecule has 0 aliphatic heterocycles. The van der Waals surface area contributed by atoms with Crippen molar-refractivity contribution >= 4 is 32.8 Å². The zero-order valence-electron chi connectivity index (χ0n) is 11.8. The summed E-state index contributed by atoms with van der Waals surface area (Å²) in [5.41, 5.74) is 6.52. The first-order valence-corrected chi connectivity index (χ1v) is 8.17. The summed E-state index contributed by atoms with van der Waals surface area (Å²) in [5.74, 6) is 0.584. The van der Waals surface area contributed by atoms with Crippen molar-refractivity contribution < 1.29 is 9.21 Å². The Morgan fingerprint density at radius 2 is 2.19 bits per heavy atom. The van der Waals surface area contributed by atoms with Crippen LogP contribution in [-0.4, -0.2) is 18.5 Å². The quantitative estimate of drug-likeness (QED) is 0.890. The molecule has 1 aliphatic carbocycles. The minimum absolute atomic E-state index is 0.150. The van der Waals surface area contributed by atoms with Gasteiger partial charge in [0.1, 0.15) is 5.58 Å². The van der Waals surface area contributed by atoms with E-state index in [0.717, 1.165) is 29.1 Å². The van der Waals surface area contributed by atoms with Crippen molar-refractivity contribution in [3.8, 4) is 0 Å². The highest BCUT2D eigenvalue weighted by Crippen LogP contribution is 2.28. The molecule has 1 saturated carbocycles. The third-order valence-corrected chi connectivity index (χ3v) is 4.87. The molecule has 21 heavy (non-hydrogen) atoms. The fourth-order valence-corrected chi connectivity index (χ4v) is 3.52. The van der Waals surface area contributed by atoms with Crippen LogP contribution in [0.2, 0.25) is 0 Å². The number of carbonyl (C=O) groups is 1. The lowest BCUT2D eigenvalue weighted by Gasteiger charge is -2.30. The van der Waals surface area contributed by atoms with Gasteiger partial charge in [-0.15, -0.1) is 0 Å². The van der Waals surface area contributed by atoms with E-state index < -0.39 is 0 Å². The second-order valence-corrected chi connectivity index (χ2v) is 6.48. The lowest BCUT2D eigenvalue weighted by atomic mass is 9.84. The van der Waals surface area contributed by atoms with Crippen LogP contribution in [0.4, 0.5) is 0 Å². The fourth-order valence-electron chi connectivity index (χ4n) is 3.06. The maximum atomic E-state index is 12.4. The Bertz CT molecular complexity index is 653. The van der Waals surface area contributed by atoms with Gasteiger partial charge in [0.15, 0.2) is 5.76 Å². The number of benzene rings is 1. The zero-order chi connectivity index (χ0) is 14.8. The second-order valence-electron chi connectivity index (χ2n) is 5.63. The number of nitrogens with two attached hydrogens (primary N) is 1. The van der Waals surface area contributed by atoms with Crippen LogP contribution in [0, 0.1) is 5.92 Å². The van der Waals surface area contributed by atoms with Crippen molar-refractivity contribution in [2.75, 3.05) is 6.54 Å². The van der Waals surface area contributed by atoms with Crippen molar-refractivity contribution in [1.29, 1.82) is 0 Å². The molecule has 3 N–H and O–H groups in total. The van der Waals surface area contributed by atoms with Crippen LogP contribution in [0.3, 0.4) is 0 Å². The number of nitrogens with one attached hydrogen (secondary N) is 1. The molecule has 0 saturated heterocycles. The molecule has 1 aromatic carbocycles. The molecule has 5 heteroatoms. The van der Waals surface area contributed by atoms with Gasteiger partial charge in [-0.2, -0.15) is 0 Å². The average Bonchev–Trinajstić information content (AvgIpc) is 2.93. The molecule has 4 nitrogen and oxygen atoms in total. The Morgan fingerprint density at radius 1 is 1.38 bits per heavy atom. The van der Waals surface area contributed by atoms with Crippen LogP contribution >= 0.6 is 15.9 Å². The third kappa shape index (κ3) is 2.99. The minimum atomic E-state index is -0.150. The third-order valence-electron chi connectivity index (χ3n) is 4.25. The Labute approximate surface area is 132 Å². The molecule has 1 fully saturated rings. The van der Waals surface area contributed by atoms with E-state index in [1.54, 1.807) is 6.07 Å². The standard InChI is InChI=1S/C16H19BrN2O2/c17-12-6-3-5-10-8-14(21-15(10)12)16(20)19-13-7-2-1-4-11(13)9-18/h3,5-6,8,11,13H,1-2,4,7,9,18H2,(H,19,20). The molecule has 0 bridgehead atoms. The molecule has 2 aromatic rings. The summed E-state index contributed by atoms with van der Waals surface area (Å²) in [6.07, 6.45) is 4.43. The Kier molecular flexibility index (Phi) is 4.31. The highest BCUT2D eigenvalue weighted by molar-refractivity contribution is 9.10. The molecule has 1 amide bonds. The minimum Gasteiger partial charge on any atom is -0.450 e. The number of hydrogen-bond acceptors (Lipinski definition) is 3. The highest BCUT2D eigenvalue weighted by atomic mass is 79.9. The maximum absolute atomic E-state index is 12.4. The number of fused-ring (bicyclic) bond motifs is 1. The molecule has 2 unspecified atom stereocenters. The molecular formula is C16H19BrN2O2. The first kappa shape index (κ1) is 14.6. The average molecular weight is 351 g/mol. The molecular weight excluding hydrogens is 332 g/mol. The number of halogens is 1. The van der Waals surface area contributed by atoms with Crippen LogP contribution in [0.5, 0.6) is 0 Å². The van der Waals surface area contributed by atoms with E-state index in [1.165, 1.54) is 6.42 Å². The summed E-state index contributed by atoms with van der Waals surface area (Å²) < 4.78 is 6.54. The predicted molar refractivity (Wildman–Crippen MR) is 86.2 cm³/mol. The van der Waals surface area contributed by atoms with E-state index in [-0.39, 0.29) is 11.9 Å². The summed E-state index contributed by atoms with van der Waals surface area (Å²) >= 11 is 3.44. The van der Waals surface area contributed by atoms with Gasteiger partial charge < -0.3 is 15.5 Å². The van der Waals surface area contributed by atoms with Crippen molar-refractivity contribution in [2.45, 2.75) is 31.7 Å². The van der Waals surface area contributed by atoms with Gasteiger partial charge >= 0.3 is 0 Å². The van der Waals surface area contributed by atoms with Gasteiger partial charge in [0.25, 0.3) is 5.91 Å². The van der Waals surface area contributed by atoms with Crippen LogP contribution in [0.25, 0.3) is 11.0 Å². The van der Waals surface area contributed by atoms with Crippen LogP contribution in [0.1, 0.15) is 36.2 Å². The lowest BCUT2D eigenvalue weighted by molar-refractivity contribution is 0.0882. The smallest absolute Gasteiger partial charge is 0.287 e. The highest BCUT2D eigenvalue weighted by Gasteiger charge is 2.26. The van der Waals surface area contributed by atoms with Crippen LogP contribution in [0.15, 0.2) is 33.2 Å². The maximum Gasteiger partial charge on any atom is 0.287 e. The Hall–Kier alpha value is -1.33. The fraction of sp³-hybridized carbons (Fsp3) is 0.438. The van der Waals surface area contributed by atoms with Gasteiger partial charge in [-0.25, -0.2) is 0 Å². The topological polar surface area (TPSA) is 68.3 Å². The van der Waals surface area contributed by atoms with Crippen molar-refractivity contribution in [1.82, 2.24) is 5.32 Å². The van der Waals surface area contributed by atoms with E-state index in [2.05, 4.69) is 21.2 Å². The zero-order valence-corrected chi connectivity index (χ0v) is 13.4. The number of amides is 1. The summed E-state index contributed by atoms with van der Waals surface area (Å²) in [5, 5.41) is 4.01. The Balaban J connectivity index is 1.78. The van der Waals surface area contributed by atoms with Crippen molar-refractivity contribution in [2.24, 2.45) is 11.7 Å². The molecule has 0 radical (unpaired) electrons. The molecule has 3 rings (SSSR count). The summed E-state index contributed by atoms with van der Waals surface area (Å²) in [7, 11) is 0. The van der Waals surface area contributed by atoms with E-state index in [9.17, 15) is 4.79 Å². The summed E-state index contributed by atoms with van der Waals surface area (Å²) in [4.78, 5) is 12.4. The number of para-hydroxylation sites is 1. The van der Waals surface area contributed by atoms with Crippen molar-refractivity contribution in [3.63, 3.8) is 0 Å². The van der Waals surface area contributed by atoms with E-state index in [0.29, 0.717) is 23.8 Å². The van der Waals surface area contributed by atoms with Gasteiger partial charge in [0.2, 0.25) is 0 Å². The summed E-state index contributed by atoms with van der Waals surface area (Å²) in [6, 6.07) is 7.71. The van der Waals surface area contributed by atoms with Gasteiger partial charge in [0.05, 0.1) is 4.47 Å². The second kappa shape index (κ2) is 6.20. The monoisotopic (exact) mass is 350 g/mol. The van der Waals surface area contributed by atoms with Gasteiger partial charge in [-0.1, -0.05) is 25.0 Å². The molecule has 0 spiro atoms. The first-order valence-electron chi connectivity index (χ1n) is 7.38. The van der Waals surface area contributed by atoms with Gasteiger partial charge in [-0.05, 0) is 53.4 Å². The normalized spacial score (nSPS) is 22.4. The van der Waals surface area contributed by atoms with Gasteiger partial charge in [-0.3, -0.25) is 4.79 Å². The number of carbonyl (C=O) groups excluding carboxylic acids is 1. The first-order chi connectivity index (χ1) is 10.2. The summed E-state index contributed by atoms with van der Waals surface area (Å²) in [6.45, 7) is 0.622. The van der Waals surface area contributed by atoms with Crippen LogP contribution in [-0.2, 0) is 0 Å². The lowest BCUT2D eigenvalue weighted by Crippen LogP contribution is -2.44. The van der Waals surface area contributed by atoms with E-state index >= 15 is 0 Å².